The van der Waals surface area contributed by atoms with Gasteiger partial charge in [0, 0.05) is 28.2 Å². The molecule has 0 atom stereocenters. The summed E-state index contributed by atoms with van der Waals surface area (Å²) in [7, 11) is 0. The van der Waals surface area contributed by atoms with Crippen LogP contribution < -0.4 is 0 Å². The molecule has 0 unspecified atom stereocenters. The lowest BCUT2D eigenvalue weighted by Crippen LogP contribution is -1.98. The maximum absolute atomic E-state index is 3.84. The second-order valence-corrected chi connectivity index (χ2v) is 8.01. The van der Waals surface area contributed by atoms with Crippen LogP contribution in [0.4, 0.5) is 0 Å². The first-order valence-electron chi connectivity index (χ1n) is 10.8. The predicted molar refractivity (Wildman–Crippen MR) is 128 cm³/mol. The number of allylic oxidation sites excluding steroid dienone is 1. The van der Waals surface area contributed by atoms with Gasteiger partial charge in [0.15, 0.2) is 0 Å². The summed E-state index contributed by atoms with van der Waals surface area (Å²) in [6.07, 6.45) is 8.19. The Bertz CT molecular complexity index is 1320. The molecular formula is C28H27N. The van der Waals surface area contributed by atoms with Crippen LogP contribution in [0.1, 0.15) is 32.1 Å². The van der Waals surface area contributed by atoms with Gasteiger partial charge < -0.3 is 4.57 Å². The molecule has 0 aliphatic carbocycles. The van der Waals surface area contributed by atoms with E-state index >= 15 is 0 Å². The summed E-state index contributed by atoms with van der Waals surface area (Å²) >= 11 is 0. The summed E-state index contributed by atoms with van der Waals surface area (Å²) in [5.74, 6) is 0. The molecule has 0 bridgehead atoms. The highest BCUT2D eigenvalue weighted by Crippen LogP contribution is 2.38. The van der Waals surface area contributed by atoms with Crippen molar-refractivity contribution in [2.24, 2.45) is 0 Å². The molecule has 0 saturated heterocycles. The summed E-state index contributed by atoms with van der Waals surface area (Å²) in [4.78, 5) is 0. The Hall–Kier alpha value is -3.06. The number of rotatable bonds is 7. The van der Waals surface area contributed by atoms with E-state index in [-0.39, 0.29) is 0 Å². The lowest BCUT2D eigenvalue weighted by atomic mass is 10.0. The molecule has 5 aromatic rings. The summed E-state index contributed by atoms with van der Waals surface area (Å²) in [5, 5.41) is 8.13. The number of aromatic nitrogens is 1. The molecule has 1 nitrogen and oxygen atoms in total. The summed E-state index contributed by atoms with van der Waals surface area (Å²) in [6, 6.07) is 26.8. The van der Waals surface area contributed by atoms with Gasteiger partial charge in [-0.25, -0.2) is 0 Å². The number of unbranched alkanes of at least 4 members (excludes halogenated alkanes) is 4. The normalized spacial score (nSPS) is 11.7. The fourth-order valence-corrected chi connectivity index (χ4v) is 4.78. The molecule has 4 aromatic carbocycles. The van der Waals surface area contributed by atoms with Crippen LogP contribution in [0.2, 0.25) is 0 Å². The van der Waals surface area contributed by atoms with E-state index in [1.807, 2.05) is 6.08 Å². The van der Waals surface area contributed by atoms with Crippen LogP contribution in [0.3, 0.4) is 0 Å². The molecule has 0 N–H and O–H groups in total. The molecule has 0 aliphatic rings. The van der Waals surface area contributed by atoms with Crippen LogP contribution in [-0.2, 0) is 6.54 Å². The van der Waals surface area contributed by atoms with Crippen molar-refractivity contribution in [3.05, 3.63) is 85.5 Å². The third kappa shape index (κ3) is 3.11. The minimum Gasteiger partial charge on any atom is -0.340 e. The standard InChI is InChI=1S/C28H27N/c1-2-3-4-5-6-11-20-29-26-19-17-21-12-7-9-14-23(21)27(26)25-18-16-22-13-8-10-15-24(22)28(25)29/h2,7-10,12-19H,1,3-6,11,20H2. The topological polar surface area (TPSA) is 4.93 Å². The largest absolute Gasteiger partial charge is 0.340 e. The molecule has 144 valence electrons. The highest BCUT2D eigenvalue weighted by Gasteiger charge is 2.15. The number of hydrogen-bond donors (Lipinski definition) is 0. The molecular weight excluding hydrogens is 350 g/mol. The van der Waals surface area contributed by atoms with E-state index in [4.69, 9.17) is 0 Å². The van der Waals surface area contributed by atoms with Gasteiger partial charge in [0.05, 0.1) is 5.52 Å². The van der Waals surface area contributed by atoms with Gasteiger partial charge >= 0.3 is 0 Å². The fourth-order valence-electron chi connectivity index (χ4n) is 4.78. The smallest absolute Gasteiger partial charge is 0.0571 e. The zero-order valence-electron chi connectivity index (χ0n) is 16.9. The van der Waals surface area contributed by atoms with E-state index in [2.05, 4.69) is 83.9 Å². The van der Waals surface area contributed by atoms with Gasteiger partial charge in [0.2, 0.25) is 0 Å². The van der Waals surface area contributed by atoms with Crippen LogP contribution >= 0.6 is 0 Å². The zero-order chi connectivity index (χ0) is 19.6. The summed E-state index contributed by atoms with van der Waals surface area (Å²) < 4.78 is 2.58. The molecule has 1 heteroatoms. The van der Waals surface area contributed by atoms with Crippen molar-refractivity contribution in [2.45, 2.75) is 38.6 Å². The van der Waals surface area contributed by atoms with Gasteiger partial charge in [-0.2, -0.15) is 0 Å². The van der Waals surface area contributed by atoms with Gasteiger partial charge in [-0.05, 0) is 41.5 Å². The predicted octanol–water partition coefficient (Wildman–Crippen LogP) is 8.24. The van der Waals surface area contributed by atoms with Crippen molar-refractivity contribution < 1.29 is 0 Å². The lowest BCUT2D eigenvalue weighted by Gasteiger charge is -2.10. The first-order valence-corrected chi connectivity index (χ1v) is 10.8. The minimum atomic E-state index is 1.07. The Morgan fingerprint density at radius 3 is 2.17 bits per heavy atom. The Morgan fingerprint density at radius 2 is 1.34 bits per heavy atom. The highest BCUT2D eigenvalue weighted by molar-refractivity contribution is 6.25. The SMILES string of the molecule is C=CCCCCCCn1c2ccc3ccccc3c2c2ccc3ccccc3c21. The monoisotopic (exact) mass is 377 g/mol. The zero-order valence-corrected chi connectivity index (χ0v) is 16.9. The number of aryl methyl sites for hydroxylation is 1. The van der Waals surface area contributed by atoms with Crippen LogP contribution in [-0.4, -0.2) is 4.57 Å². The van der Waals surface area contributed by atoms with Crippen molar-refractivity contribution in [1.82, 2.24) is 4.57 Å². The van der Waals surface area contributed by atoms with E-state index in [0.717, 1.165) is 13.0 Å². The molecule has 0 fully saturated rings. The highest BCUT2D eigenvalue weighted by atomic mass is 15.0. The molecule has 0 radical (unpaired) electrons. The summed E-state index contributed by atoms with van der Waals surface area (Å²) in [6.45, 7) is 4.91. The lowest BCUT2D eigenvalue weighted by molar-refractivity contribution is 0.592. The van der Waals surface area contributed by atoms with Crippen molar-refractivity contribution >= 4 is 43.4 Å². The number of fused-ring (bicyclic) bond motifs is 7. The molecule has 1 aromatic heterocycles. The average molecular weight is 378 g/mol. The van der Waals surface area contributed by atoms with E-state index < -0.39 is 0 Å². The third-order valence-electron chi connectivity index (χ3n) is 6.18. The Morgan fingerprint density at radius 1 is 0.655 bits per heavy atom. The molecule has 29 heavy (non-hydrogen) atoms. The van der Waals surface area contributed by atoms with Crippen molar-refractivity contribution in [3.8, 4) is 0 Å². The molecule has 0 amide bonds. The number of nitrogens with zero attached hydrogens (tertiary/aromatic N) is 1. The fraction of sp³-hybridized carbons (Fsp3) is 0.214. The van der Waals surface area contributed by atoms with Gasteiger partial charge in [0.25, 0.3) is 0 Å². The quantitative estimate of drug-likeness (QED) is 0.199. The van der Waals surface area contributed by atoms with Crippen molar-refractivity contribution in [3.63, 3.8) is 0 Å². The molecule has 5 rings (SSSR count). The summed E-state index contributed by atoms with van der Waals surface area (Å²) in [5.41, 5.74) is 2.75. The Balaban J connectivity index is 1.70. The van der Waals surface area contributed by atoms with E-state index in [1.54, 1.807) is 0 Å². The van der Waals surface area contributed by atoms with Crippen LogP contribution in [0.15, 0.2) is 85.5 Å². The number of benzene rings is 4. The van der Waals surface area contributed by atoms with Crippen molar-refractivity contribution in [1.29, 1.82) is 0 Å². The van der Waals surface area contributed by atoms with Gasteiger partial charge in [-0.3, -0.25) is 0 Å². The molecule has 0 spiro atoms. The van der Waals surface area contributed by atoms with Crippen molar-refractivity contribution in [2.75, 3.05) is 0 Å². The second kappa shape index (κ2) is 7.75. The first kappa shape index (κ1) is 18.0. The maximum Gasteiger partial charge on any atom is 0.0571 e. The van der Waals surface area contributed by atoms with E-state index in [1.165, 1.54) is 69.0 Å². The Labute approximate surface area is 172 Å². The number of hydrogen-bond acceptors (Lipinski definition) is 0. The van der Waals surface area contributed by atoms with Gasteiger partial charge in [-0.15, -0.1) is 6.58 Å². The first-order chi connectivity index (χ1) is 14.4. The average Bonchev–Trinajstić information content (AvgIpc) is 3.10. The third-order valence-corrected chi connectivity index (χ3v) is 6.18. The van der Waals surface area contributed by atoms with Crippen LogP contribution in [0.5, 0.6) is 0 Å². The van der Waals surface area contributed by atoms with Crippen LogP contribution in [0, 0.1) is 0 Å². The molecule has 0 saturated carbocycles. The Kier molecular flexibility index (Phi) is 4.81. The molecule has 0 aliphatic heterocycles. The van der Waals surface area contributed by atoms with Crippen LogP contribution in [0.25, 0.3) is 43.4 Å². The molecule has 1 heterocycles. The minimum absolute atomic E-state index is 1.07. The van der Waals surface area contributed by atoms with E-state index in [0.29, 0.717) is 0 Å². The van der Waals surface area contributed by atoms with Gasteiger partial charge in [-0.1, -0.05) is 85.6 Å². The van der Waals surface area contributed by atoms with Gasteiger partial charge in [0.1, 0.15) is 0 Å². The second-order valence-electron chi connectivity index (χ2n) is 8.01. The maximum atomic E-state index is 3.84. The van der Waals surface area contributed by atoms with E-state index in [9.17, 15) is 0 Å².